The summed E-state index contributed by atoms with van der Waals surface area (Å²) in [6, 6.07) is 9.30. The van der Waals surface area contributed by atoms with Crippen LogP contribution in [-0.2, 0) is 19.5 Å². The number of benzene rings is 3. The van der Waals surface area contributed by atoms with Gasteiger partial charge < -0.3 is 19.6 Å². The molecule has 3 aliphatic heterocycles. The first-order valence-corrected chi connectivity index (χ1v) is 18.0. The molecule has 0 spiro atoms. The van der Waals surface area contributed by atoms with Gasteiger partial charge in [0.25, 0.3) is 5.91 Å². The van der Waals surface area contributed by atoms with Crippen molar-refractivity contribution in [2.75, 3.05) is 45.2 Å². The number of hydrogen-bond acceptors (Lipinski definition) is 8. The molecule has 13 heteroatoms. The average molecular weight is 714 g/mol. The number of phenolic OH excluding ortho intramolecular Hbond substituents is 1. The molecule has 3 aliphatic rings. The molecule has 8 rings (SSSR count). The number of ether oxygens (including phenoxy) is 1. The van der Waals surface area contributed by atoms with E-state index in [1.807, 2.05) is 23.4 Å². The van der Waals surface area contributed by atoms with Gasteiger partial charge in [0.15, 0.2) is 11.5 Å². The predicted octanol–water partition coefficient (Wildman–Crippen LogP) is 6.57. The van der Waals surface area contributed by atoms with Crippen molar-refractivity contribution < 1.29 is 27.8 Å². The van der Waals surface area contributed by atoms with E-state index in [0.29, 0.717) is 84.2 Å². The van der Waals surface area contributed by atoms with E-state index in [1.54, 1.807) is 38.4 Å². The summed E-state index contributed by atoms with van der Waals surface area (Å²) in [6.45, 7) is 6.55. The minimum absolute atomic E-state index is 0.0111. The Balaban J connectivity index is 1.28. The molecule has 1 N–H and O–H groups in total. The molecule has 52 heavy (non-hydrogen) atoms. The van der Waals surface area contributed by atoms with Crippen molar-refractivity contribution in [1.82, 2.24) is 29.5 Å². The highest BCUT2D eigenvalue weighted by molar-refractivity contribution is 6.03. The van der Waals surface area contributed by atoms with Gasteiger partial charge in [-0.05, 0) is 85.3 Å². The van der Waals surface area contributed by atoms with Gasteiger partial charge in [0.1, 0.15) is 35.7 Å². The summed E-state index contributed by atoms with van der Waals surface area (Å²) in [5, 5.41) is 16.9. The van der Waals surface area contributed by atoms with Crippen LogP contribution >= 0.6 is 0 Å². The largest absolute Gasteiger partial charge is 0.508 e. The highest BCUT2D eigenvalue weighted by atomic mass is 19.1. The van der Waals surface area contributed by atoms with E-state index >= 15 is 8.78 Å². The molecule has 2 fully saturated rings. The lowest BCUT2D eigenvalue weighted by Gasteiger charge is -2.31. The van der Waals surface area contributed by atoms with Crippen molar-refractivity contribution in [3.63, 3.8) is 0 Å². The number of carbonyl (C=O) groups is 1. The molecule has 272 valence electrons. The van der Waals surface area contributed by atoms with Gasteiger partial charge in [-0.1, -0.05) is 19.1 Å². The number of phenols is 1. The molecule has 1 amide bonds. The highest BCUT2D eigenvalue weighted by Gasteiger charge is 2.49. The lowest BCUT2D eigenvalue weighted by Crippen LogP contribution is -2.43. The number of aromatic hydroxyl groups is 1. The van der Waals surface area contributed by atoms with E-state index in [4.69, 9.17) is 9.72 Å². The Bertz CT molecular complexity index is 2240. The Morgan fingerprint density at radius 3 is 2.69 bits per heavy atom. The van der Waals surface area contributed by atoms with E-state index in [-0.39, 0.29) is 35.4 Å². The smallest absolute Gasteiger partial charge is 0.319 e. The molecular weight excluding hydrogens is 671 g/mol. The van der Waals surface area contributed by atoms with Crippen molar-refractivity contribution >= 4 is 33.4 Å². The van der Waals surface area contributed by atoms with Gasteiger partial charge in [0, 0.05) is 56.7 Å². The fourth-order valence-corrected chi connectivity index (χ4v) is 8.58. The van der Waals surface area contributed by atoms with Gasteiger partial charge in [0.05, 0.1) is 17.8 Å². The molecule has 0 bridgehead atoms. The number of aromatic nitrogens is 4. The number of carbonyl (C=O) groups excluding carboxylic acids is 1. The van der Waals surface area contributed by atoms with Crippen LogP contribution < -0.4 is 9.64 Å². The van der Waals surface area contributed by atoms with Crippen molar-refractivity contribution in [1.29, 1.82) is 0 Å². The van der Waals surface area contributed by atoms with E-state index < -0.39 is 23.3 Å². The molecule has 2 aromatic heterocycles. The number of hydrogen-bond donors (Lipinski definition) is 1. The van der Waals surface area contributed by atoms with E-state index in [1.165, 1.54) is 17.0 Å². The quantitative estimate of drug-likeness (QED) is 0.202. The minimum atomic E-state index is -0.943. The summed E-state index contributed by atoms with van der Waals surface area (Å²) in [5.41, 5.74) is 2.47. The zero-order valence-corrected chi connectivity index (χ0v) is 29.8. The lowest BCUT2D eigenvalue weighted by atomic mass is 9.92. The van der Waals surface area contributed by atoms with Crippen molar-refractivity contribution in [2.45, 2.75) is 70.8 Å². The summed E-state index contributed by atoms with van der Waals surface area (Å²) in [7, 11) is 3.39. The predicted molar refractivity (Wildman–Crippen MR) is 193 cm³/mol. The second kappa shape index (κ2) is 12.9. The average Bonchev–Trinajstić information content (AvgIpc) is 3.69. The Labute approximate surface area is 299 Å². The van der Waals surface area contributed by atoms with Crippen LogP contribution in [0.5, 0.6) is 11.8 Å². The number of fused-ring (bicyclic) bond motifs is 4. The van der Waals surface area contributed by atoms with Crippen LogP contribution in [0.3, 0.4) is 0 Å². The molecule has 0 radical (unpaired) electrons. The van der Waals surface area contributed by atoms with Gasteiger partial charge in [-0.3, -0.25) is 14.4 Å². The topological polar surface area (TPSA) is 99.9 Å². The number of anilines is 1. The van der Waals surface area contributed by atoms with Crippen LogP contribution in [0.1, 0.15) is 59.9 Å². The third-order valence-electron chi connectivity index (χ3n) is 11.2. The number of nitrogens with zero attached hydrogens (tertiary/aromatic N) is 7. The van der Waals surface area contributed by atoms with E-state index in [9.17, 15) is 14.3 Å². The molecule has 2 saturated heterocycles. The van der Waals surface area contributed by atoms with E-state index in [2.05, 4.69) is 15.0 Å². The van der Waals surface area contributed by atoms with Crippen LogP contribution in [0.15, 0.2) is 36.4 Å². The first-order valence-electron chi connectivity index (χ1n) is 18.0. The molecule has 0 unspecified atom stereocenters. The van der Waals surface area contributed by atoms with Crippen LogP contribution in [0, 0.1) is 18.6 Å². The van der Waals surface area contributed by atoms with Crippen LogP contribution in [0.4, 0.5) is 19.0 Å². The standard InChI is InChI=1S/C39H42F3N7O3/c1-5-26-30(41)11-8-23-16-25(50)17-29(32(23)26)27-9-10-28-35(33(27)42)43-38(52-21-39-12-6-14-48(39)19-24(40)18-39)44-36(28)47-13-7-15-49-31(20-47)22(2)34(45-49)37(51)46(3)4/h8-11,16-17,24,50H,5-7,12-15,18-21H2,1-4H3/t24-,39+/m1/s1. The lowest BCUT2D eigenvalue weighted by molar-refractivity contribution is 0.0820. The zero-order valence-electron chi connectivity index (χ0n) is 29.8. The first-order chi connectivity index (χ1) is 25.0. The van der Waals surface area contributed by atoms with Crippen molar-refractivity contribution in [3.8, 4) is 22.9 Å². The zero-order chi connectivity index (χ0) is 36.5. The first kappa shape index (κ1) is 34.2. The number of aryl methyl sites for hydroxylation is 2. The normalized spacial score (nSPS) is 20.4. The fraction of sp³-hybridized carbons (Fsp3) is 0.436. The molecule has 3 aromatic carbocycles. The number of amides is 1. The second-order valence-corrected chi connectivity index (χ2v) is 14.6. The fourth-order valence-electron chi connectivity index (χ4n) is 8.58. The maximum atomic E-state index is 17.2. The summed E-state index contributed by atoms with van der Waals surface area (Å²) < 4.78 is 55.1. The van der Waals surface area contributed by atoms with Crippen molar-refractivity contribution in [2.24, 2.45) is 0 Å². The maximum absolute atomic E-state index is 17.2. The van der Waals surface area contributed by atoms with Gasteiger partial charge >= 0.3 is 6.01 Å². The number of alkyl halides is 1. The van der Waals surface area contributed by atoms with Crippen LogP contribution in [0.25, 0.3) is 32.8 Å². The number of halogens is 3. The minimum Gasteiger partial charge on any atom is -0.508 e. The second-order valence-electron chi connectivity index (χ2n) is 14.6. The van der Waals surface area contributed by atoms with Crippen molar-refractivity contribution in [3.05, 3.63) is 70.5 Å². The maximum Gasteiger partial charge on any atom is 0.319 e. The Morgan fingerprint density at radius 1 is 1.08 bits per heavy atom. The molecule has 0 aliphatic carbocycles. The SMILES string of the molecule is CCc1c(F)ccc2cc(O)cc(-c3ccc4c(N5CCCn6nc(C(=O)N(C)C)c(C)c6C5)nc(OC[C@@]56CCCN5C[C@H](F)C6)nc4c3F)c12. The van der Waals surface area contributed by atoms with Crippen LogP contribution in [0.2, 0.25) is 0 Å². The summed E-state index contributed by atoms with van der Waals surface area (Å²) in [6.07, 6.45) is 2.19. The summed E-state index contributed by atoms with van der Waals surface area (Å²) in [5.74, 6) is -0.871. The molecule has 2 atom stereocenters. The molecule has 10 nitrogen and oxygen atoms in total. The summed E-state index contributed by atoms with van der Waals surface area (Å²) >= 11 is 0. The Morgan fingerprint density at radius 2 is 1.90 bits per heavy atom. The van der Waals surface area contributed by atoms with Gasteiger partial charge in [0.2, 0.25) is 0 Å². The van der Waals surface area contributed by atoms with E-state index in [0.717, 1.165) is 30.6 Å². The van der Waals surface area contributed by atoms with Gasteiger partial charge in [-0.15, -0.1) is 0 Å². The highest BCUT2D eigenvalue weighted by Crippen LogP contribution is 2.42. The van der Waals surface area contributed by atoms with Gasteiger partial charge in [-0.2, -0.15) is 15.1 Å². The monoisotopic (exact) mass is 713 g/mol. The Kier molecular flexibility index (Phi) is 8.51. The summed E-state index contributed by atoms with van der Waals surface area (Å²) in [4.78, 5) is 28.2. The molecule has 5 heterocycles. The number of rotatable bonds is 7. The molecule has 5 aromatic rings. The molecule has 0 saturated carbocycles. The third kappa shape index (κ3) is 5.60. The van der Waals surface area contributed by atoms with Crippen LogP contribution in [-0.4, -0.2) is 92.6 Å². The Hall–Kier alpha value is -4.91. The third-order valence-corrected chi connectivity index (χ3v) is 11.2. The molecular formula is C39H42F3N7O3. The van der Waals surface area contributed by atoms with Gasteiger partial charge in [-0.25, -0.2) is 13.2 Å².